The second kappa shape index (κ2) is 8.96. The molecule has 3 aromatic heterocycles. The number of imidazole rings is 1. The van der Waals surface area contributed by atoms with E-state index in [1.165, 1.54) is 37.8 Å². The molecule has 2 aliphatic rings. The van der Waals surface area contributed by atoms with Crippen molar-refractivity contribution in [3.8, 4) is 17.0 Å². The molecule has 184 valence electrons. The Labute approximate surface area is 205 Å². The molecule has 1 saturated carbocycles. The number of aromatic nitrogens is 5. The largest absolute Gasteiger partial charge is 0.494 e. The SMILES string of the molecule is COc1ccc(-c2cn[nH]n2)c(CNC(=O)C2=CN(Cc3cn4cc(C5CC5)ccc4n3)NN2)c1F. The van der Waals surface area contributed by atoms with Crippen LogP contribution in [0.4, 0.5) is 4.39 Å². The number of amides is 1. The van der Waals surface area contributed by atoms with Crippen molar-refractivity contribution >= 4 is 11.6 Å². The van der Waals surface area contributed by atoms with Gasteiger partial charge in [-0.25, -0.2) is 9.37 Å². The molecule has 0 saturated heterocycles. The Kier molecular flexibility index (Phi) is 5.49. The zero-order chi connectivity index (χ0) is 24.6. The molecule has 12 heteroatoms. The average Bonchev–Trinajstić information content (AvgIpc) is 3.24. The van der Waals surface area contributed by atoms with E-state index in [1.807, 2.05) is 16.7 Å². The van der Waals surface area contributed by atoms with E-state index in [2.05, 4.69) is 48.9 Å². The maximum atomic E-state index is 15.0. The topological polar surface area (TPSA) is 124 Å². The molecule has 1 amide bonds. The first-order valence-corrected chi connectivity index (χ1v) is 11.6. The average molecular weight is 490 g/mol. The van der Waals surface area contributed by atoms with Crippen LogP contribution in [0.5, 0.6) is 5.75 Å². The van der Waals surface area contributed by atoms with Crippen LogP contribution in [-0.2, 0) is 17.9 Å². The zero-order valence-corrected chi connectivity index (χ0v) is 19.5. The second-order valence-corrected chi connectivity index (χ2v) is 8.79. The maximum absolute atomic E-state index is 15.0. The Morgan fingerprint density at radius 3 is 2.92 bits per heavy atom. The van der Waals surface area contributed by atoms with Gasteiger partial charge in [0.05, 0.1) is 25.5 Å². The predicted molar refractivity (Wildman–Crippen MR) is 127 cm³/mol. The molecule has 1 aliphatic carbocycles. The van der Waals surface area contributed by atoms with E-state index < -0.39 is 11.7 Å². The fourth-order valence-corrected chi connectivity index (χ4v) is 4.29. The number of halogens is 1. The van der Waals surface area contributed by atoms with E-state index >= 15 is 4.39 Å². The number of hydrogen-bond donors (Lipinski definition) is 4. The lowest BCUT2D eigenvalue weighted by atomic mass is 10.0. The van der Waals surface area contributed by atoms with E-state index in [0.717, 1.165) is 11.3 Å². The van der Waals surface area contributed by atoms with Crippen LogP contribution in [0.1, 0.15) is 35.6 Å². The minimum absolute atomic E-state index is 0.0706. The van der Waals surface area contributed by atoms with Crippen LogP contribution >= 0.6 is 0 Å². The molecule has 0 spiro atoms. The highest BCUT2D eigenvalue weighted by Gasteiger charge is 2.24. The van der Waals surface area contributed by atoms with Crippen molar-refractivity contribution in [2.24, 2.45) is 0 Å². The van der Waals surface area contributed by atoms with Gasteiger partial charge >= 0.3 is 0 Å². The summed E-state index contributed by atoms with van der Waals surface area (Å²) in [6, 6.07) is 7.37. The summed E-state index contributed by atoms with van der Waals surface area (Å²) in [6.45, 7) is 0.379. The van der Waals surface area contributed by atoms with Crippen LogP contribution in [0.25, 0.3) is 16.9 Å². The summed E-state index contributed by atoms with van der Waals surface area (Å²) in [6.07, 6.45) is 9.76. The normalized spacial score (nSPS) is 15.2. The molecule has 6 rings (SSSR count). The number of hydrazine groups is 2. The Balaban J connectivity index is 1.13. The molecule has 4 N–H and O–H groups in total. The van der Waals surface area contributed by atoms with Crippen molar-refractivity contribution in [3.05, 3.63) is 77.4 Å². The quantitative estimate of drug-likeness (QED) is 0.297. The van der Waals surface area contributed by atoms with Crippen LogP contribution in [-0.4, -0.2) is 42.8 Å². The number of carbonyl (C=O) groups is 1. The molecule has 4 heterocycles. The Bertz CT molecular complexity index is 1460. The standard InChI is InChI=1S/C24H24FN9O2/c1-36-21-6-5-17(19-9-27-31-29-19)18(23(21)25)8-26-24(35)20-13-34(32-30-20)12-16-11-33-10-15(14-2-3-14)4-7-22(33)28-16/h4-7,9-11,13-14,30,32H,2-3,8,12H2,1H3,(H,26,35)(H,27,29,31). The molecule has 0 atom stereocenters. The van der Waals surface area contributed by atoms with Crippen molar-refractivity contribution < 1.29 is 13.9 Å². The van der Waals surface area contributed by atoms with Gasteiger partial charge in [0.25, 0.3) is 5.91 Å². The second-order valence-electron chi connectivity index (χ2n) is 8.79. The highest BCUT2D eigenvalue weighted by atomic mass is 19.1. The van der Waals surface area contributed by atoms with Gasteiger partial charge in [0.2, 0.25) is 0 Å². The first-order chi connectivity index (χ1) is 17.6. The predicted octanol–water partition coefficient (Wildman–Crippen LogP) is 2.13. The maximum Gasteiger partial charge on any atom is 0.270 e. The molecule has 1 aromatic carbocycles. The van der Waals surface area contributed by atoms with Crippen molar-refractivity contribution in [3.63, 3.8) is 0 Å². The van der Waals surface area contributed by atoms with E-state index in [-0.39, 0.29) is 17.9 Å². The lowest BCUT2D eigenvalue weighted by Crippen LogP contribution is -2.38. The highest BCUT2D eigenvalue weighted by molar-refractivity contribution is 5.93. The summed E-state index contributed by atoms with van der Waals surface area (Å²) in [5.74, 6) is -0.217. The van der Waals surface area contributed by atoms with Crippen molar-refractivity contribution in [1.29, 1.82) is 0 Å². The number of rotatable bonds is 8. The number of H-pyrrole nitrogens is 1. The van der Waals surface area contributed by atoms with Gasteiger partial charge in [0, 0.05) is 36.3 Å². The monoisotopic (exact) mass is 489 g/mol. The molecular formula is C24H24FN9O2. The van der Waals surface area contributed by atoms with Gasteiger partial charge in [-0.15, -0.1) is 5.53 Å². The molecule has 1 fully saturated rings. The van der Waals surface area contributed by atoms with Gasteiger partial charge in [0.15, 0.2) is 11.6 Å². The van der Waals surface area contributed by atoms with E-state index in [9.17, 15) is 4.79 Å². The van der Waals surface area contributed by atoms with Gasteiger partial charge in [0.1, 0.15) is 17.0 Å². The molecule has 11 nitrogen and oxygen atoms in total. The number of fused-ring (bicyclic) bond motifs is 1. The van der Waals surface area contributed by atoms with Crippen LogP contribution in [0, 0.1) is 5.82 Å². The Morgan fingerprint density at radius 1 is 1.25 bits per heavy atom. The van der Waals surface area contributed by atoms with Crippen LogP contribution in [0.3, 0.4) is 0 Å². The third kappa shape index (κ3) is 4.22. The van der Waals surface area contributed by atoms with E-state index in [4.69, 9.17) is 4.74 Å². The zero-order valence-electron chi connectivity index (χ0n) is 19.5. The fourth-order valence-electron chi connectivity index (χ4n) is 4.29. The van der Waals surface area contributed by atoms with E-state index in [1.54, 1.807) is 17.3 Å². The summed E-state index contributed by atoms with van der Waals surface area (Å²) >= 11 is 0. The minimum atomic E-state index is -0.567. The number of benzene rings is 1. The van der Waals surface area contributed by atoms with Gasteiger partial charge in [-0.1, -0.05) is 6.07 Å². The number of aromatic amines is 1. The molecule has 0 radical (unpaired) electrons. The smallest absolute Gasteiger partial charge is 0.270 e. The van der Waals surface area contributed by atoms with Crippen LogP contribution in [0.2, 0.25) is 0 Å². The van der Waals surface area contributed by atoms with E-state index in [0.29, 0.717) is 29.4 Å². The molecular weight excluding hydrogens is 465 g/mol. The van der Waals surface area contributed by atoms with Crippen molar-refractivity contribution in [1.82, 2.24) is 46.1 Å². The van der Waals surface area contributed by atoms with Gasteiger partial charge in [-0.3, -0.25) is 15.2 Å². The van der Waals surface area contributed by atoms with Crippen molar-refractivity contribution in [2.45, 2.75) is 31.8 Å². The molecule has 4 aromatic rings. The third-order valence-electron chi connectivity index (χ3n) is 6.31. The number of ether oxygens (including phenoxy) is 1. The van der Waals surface area contributed by atoms with Crippen LogP contribution in [0.15, 0.2) is 54.8 Å². The van der Waals surface area contributed by atoms with Gasteiger partial charge in [-0.2, -0.15) is 15.4 Å². The summed E-state index contributed by atoms with van der Waals surface area (Å²) < 4.78 is 22.2. The van der Waals surface area contributed by atoms with Gasteiger partial charge < -0.3 is 14.5 Å². The van der Waals surface area contributed by atoms with Gasteiger partial charge in [-0.05, 0) is 42.5 Å². The first-order valence-electron chi connectivity index (χ1n) is 11.6. The third-order valence-corrected chi connectivity index (χ3v) is 6.31. The number of carbonyl (C=O) groups excluding carboxylic acids is 1. The first kappa shape index (κ1) is 22.0. The lowest BCUT2D eigenvalue weighted by Gasteiger charge is -2.13. The molecule has 36 heavy (non-hydrogen) atoms. The Hall–Kier alpha value is -4.45. The Morgan fingerprint density at radius 2 is 2.14 bits per heavy atom. The number of pyridine rings is 1. The molecule has 0 bridgehead atoms. The van der Waals surface area contributed by atoms with Crippen LogP contribution < -0.4 is 21.0 Å². The fraction of sp³-hybridized carbons (Fsp3) is 0.250. The number of hydrogen-bond acceptors (Lipinski definition) is 8. The van der Waals surface area contributed by atoms with Crippen molar-refractivity contribution in [2.75, 3.05) is 7.11 Å². The summed E-state index contributed by atoms with van der Waals surface area (Å²) in [7, 11) is 1.39. The lowest BCUT2D eigenvalue weighted by molar-refractivity contribution is -0.118. The number of methoxy groups -OCH3 is 1. The summed E-state index contributed by atoms with van der Waals surface area (Å²) in [5.41, 5.74) is 10.4. The number of nitrogens with zero attached hydrogens (tertiary/aromatic N) is 5. The molecule has 0 unspecified atom stereocenters. The summed E-state index contributed by atoms with van der Waals surface area (Å²) in [5, 5.41) is 14.8. The number of nitrogens with one attached hydrogen (secondary N) is 4. The molecule has 1 aliphatic heterocycles. The highest BCUT2D eigenvalue weighted by Crippen LogP contribution is 2.39. The summed E-state index contributed by atoms with van der Waals surface area (Å²) in [4.78, 5) is 17.5. The minimum Gasteiger partial charge on any atom is -0.494 e.